The van der Waals surface area contributed by atoms with Gasteiger partial charge in [-0.25, -0.2) is 0 Å². The number of alkyl halides is 3. The number of amidine groups is 1. The molecule has 13 heteroatoms. The van der Waals surface area contributed by atoms with Gasteiger partial charge in [-0.1, -0.05) is 6.07 Å². The third-order valence-corrected chi connectivity index (χ3v) is 4.33. The molecule has 2 rings (SSSR count). The molecular formula is C20H19F3N4O6. The van der Waals surface area contributed by atoms with Crippen molar-refractivity contribution in [1.29, 1.82) is 5.41 Å². The van der Waals surface area contributed by atoms with E-state index in [2.05, 4.69) is 5.32 Å². The van der Waals surface area contributed by atoms with Crippen molar-refractivity contribution < 1.29 is 42.9 Å². The van der Waals surface area contributed by atoms with Gasteiger partial charge in [0.05, 0.1) is 17.8 Å². The number of aromatic hydroxyl groups is 2. The van der Waals surface area contributed by atoms with Crippen molar-refractivity contribution in [2.45, 2.75) is 19.0 Å². The maximum absolute atomic E-state index is 13.5. The van der Waals surface area contributed by atoms with Crippen LogP contribution in [0.5, 0.6) is 11.5 Å². The van der Waals surface area contributed by atoms with Crippen LogP contribution in [0.2, 0.25) is 0 Å². The van der Waals surface area contributed by atoms with Gasteiger partial charge in [-0.2, -0.15) is 13.2 Å². The molecule has 0 unspecified atom stereocenters. The maximum Gasteiger partial charge on any atom is 0.421 e. The number of amides is 2. The number of nitrogens with zero attached hydrogens (tertiary/aromatic N) is 1. The summed E-state index contributed by atoms with van der Waals surface area (Å²) in [6, 6.07) is 6.18. The van der Waals surface area contributed by atoms with Crippen LogP contribution in [0.4, 0.5) is 24.5 Å². The Labute approximate surface area is 184 Å². The van der Waals surface area contributed by atoms with Crippen LogP contribution in [0.3, 0.4) is 0 Å². The largest absolute Gasteiger partial charge is 0.507 e. The quantitative estimate of drug-likeness (QED) is 0.195. The molecule has 33 heavy (non-hydrogen) atoms. The molecule has 0 bridgehead atoms. The second kappa shape index (κ2) is 9.89. The number of benzene rings is 2. The van der Waals surface area contributed by atoms with Gasteiger partial charge in [-0.15, -0.1) is 0 Å². The number of rotatable bonds is 8. The highest BCUT2D eigenvalue weighted by Crippen LogP contribution is 2.42. The lowest BCUT2D eigenvalue weighted by Crippen LogP contribution is -2.39. The number of carbonyl (C=O) groups is 3. The predicted molar refractivity (Wildman–Crippen MR) is 110 cm³/mol. The summed E-state index contributed by atoms with van der Waals surface area (Å²) in [7, 11) is 0. The number of carboxylic acids is 1. The Kier molecular flexibility index (Phi) is 7.48. The number of phenols is 2. The minimum absolute atomic E-state index is 0.129. The van der Waals surface area contributed by atoms with Gasteiger partial charge in [-0.3, -0.25) is 19.8 Å². The molecule has 0 aromatic heterocycles. The number of halogens is 3. The van der Waals surface area contributed by atoms with Gasteiger partial charge >= 0.3 is 12.1 Å². The number of carbonyl (C=O) groups excluding carboxylic acids is 2. The third kappa shape index (κ3) is 6.35. The van der Waals surface area contributed by atoms with E-state index in [9.17, 15) is 37.8 Å². The molecule has 2 amide bonds. The Morgan fingerprint density at radius 2 is 1.73 bits per heavy atom. The lowest BCUT2D eigenvalue weighted by atomic mass is 10.1. The van der Waals surface area contributed by atoms with Gasteiger partial charge < -0.3 is 31.3 Å². The second-order valence-electron chi connectivity index (χ2n) is 6.74. The van der Waals surface area contributed by atoms with Gasteiger partial charge in [0.25, 0.3) is 0 Å². The number of carboxylic acid groups (broad SMARTS) is 1. The van der Waals surface area contributed by atoms with E-state index in [0.717, 1.165) is 30.3 Å². The van der Waals surface area contributed by atoms with Crippen LogP contribution < -0.4 is 16.0 Å². The van der Waals surface area contributed by atoms with Gasteiger partial charge in [0.2, 0.25) is 11.8 Å². The lowest BCUT2D eigenvalue weighted by molar-refractivity contribution is -0.140. The summed E-state index contributed by atoms with van der Waals surface area (Å²) >= 11 is 0. The number of aliphatic carboxylic acids is 1. The molecule has 0 aliphatic heterocycles. The molecule has 0 heterocycles. The van der Waals surface area contributed by atoms with Crippen molar-refractivity contribution in [2.24, 2.45) is 5.73 Å². The Morgan fingerprint density at radius 3 is 2.30 bits per heavy atom. The van der Waals surface area contributed by atoms with Crippen LogP contribution in [0.15, 0.2) is 36.4 Å². The Bertz CT molecular complexity index is 1100. The number of hydrogen-bond donors (Lipinski definition) is 6. The third-order valence-electron chi connectivity index (χ3n) is 4.33. The van der Waals surface area contributed by atoms with Gasteiger partial charge in [0.1, 0.15) is 29.4 Å². The van der Waals surface area contributed by atoms with Crippen molar-refractivity contribution in [1.82, 2.24) is 0 Å². The van der Waals surface area contributed by atoms with Crippen LogP contribution in [0.1, 0.15) is 24.0 Å². The van der Waals surface area contributed by atoms with Crippen molar-refractivity contribution in [3.8, 4) is 11.5 Å². The number of nitrogens with two attached hydrogens (primary N) is 1. The summed E-state index contributed by atoms with van der Waals surface area (Å²) in [5.74, 6) is -5.57. The highest BCUT2D eigenvalue weighted by molar-refractivity contribution is 6.05. The maximum atomic E-state index is 13.5. The molecule has 7 N–H and O–H groups in total. The first-order valence-corrected chi connectivity index (χ1v) is 9.19. The topological polar surface area (TPSA) is 177 Å². The summed E-state index contributed by atoms with van der Waals surface area (Å²) < 4.78 is 40.6. The zero-order chi connectivity index (χ0) is 24.9. The molecule has 0 aliphatic rings. The molecule has 10 nitrogen and oxygen atoms in total. The SMILES string of the molecule is N=C(N)c1ccc(O)c(NC(=O)CN(C(=O)CCC(=O)O)c2cccc(O)c2C(F)(F)F)c1. The number of nitrogen functional groups attached to an aromatic ring is 1. The molecule has 0 fully saturated rings. The van der Waals surface area contributed by atoms with Crippen LogP contribution in [-0.2, 0) is 20.6 Å². The average Bonchev–Trinajstić information content (AvgIpc) is 2.70. The molecule has 0 spiro atoms. The van der Waals surface area contributed by atoms with Crippen LogP contribution in [-0.4, -0.2) is 45.5 Å². The molecule has 0 saturated carbocycles. The van der Waals surface area contributed by atoms with E-state index in [0.29, 0.717) is 4.90 Å². The summed E-state index contributed by atoms with van der Waals surface area (Å²) in [6.07, 6.45) is -6.53. The molecule has 2 aromatic rings. The summed E-state index contributed by atoms with van der Waals surface area (Å²) in [6.45, 7) is -1.01. The number of nitrogens with one attached hydrogen (secondary N) is 2. The first-order chi connectivity index (χ1) is 15.3. The zero-order valence-electron chi connectivity index (χ0n) is 16.8. The minimum Gasteiger partial charge on any atom is -0.507 e. The van der Waals surface area contributed by atoms with Gasteiger partial charge in [0, 0.05) is 12.0 Å². The minimum atomic E-state index is -5.10. The second-order valence-corrected chi connectivity index (χ2v) is 6.74. The predicted octanol–water partition coefficient (Wildman–Crippen LogP) is 2.24. The monoisotopic (exact) mass is 468 g/mol. The Hall–Kier alpha value is -4.29. The lowest BCUT2D eigenvalue weighted by Gasteiger charge is -2.26. The average molecular weight is 468 g/mol. The molecule has 0 aliphatic carbocycles. The van der Waals surface area contributed by atoms with E-state index in [1.165, 1.54) is 6.07 Å². The highest BCUT2D eigenvalue weighted by Gasteiger charge is 2.39. The van der Waals surface area contributed by atoms with Crippen LogP contribution >= 0.6 is 0 Å². The first kappa shape index (κ1) is 25.0. The molecule has 2 aromatic carbocycles. The van der Waals surface area contributed by atoms with Gasteiger partial charge in [0.15, 0.2) is 0 Å². The molecule has 0 saturated heterocycles. The van der Waals surface area contributed by atoms with Crippen molar-refractivity contribution in [2.75, 3.05) is 16.8 Å². The summed E-state index contributed by atoms with van der Waals surface area (Å²) in [5, 5.41) is 38.1. The normalized spacial score (nSPS) is 11.0. The summed E-state index contributed by atoms with van der Waals surface area (Å²) in [5.41, 5.74) is 2.82. The Balaban J connectivity index is 2.43. The van der Waals surface area contributed by atoms with E-state index in [4.69, 9.17) is 16.2 Å². The molecule has 0 radical (unpaired) electrons. The fourth-order valence-corrected chi connectivity index (χ4v) is 2.84. The van der Waals surface area contributed by atoms with Crippen LogP contribution in [0, 0.1) is 5.41 Å². The standard InChI is InChI=1S/C20H19F3N4O6/c21-20(22,23)18-12(2-1-3-14(18)29)27(16(31)6-7-17(32)33)9-15(30)26-11-8-10(19(24)25)4-5-13(11)28/h1-5,8,28-29H,6-7,9H2,(H3,24,25)(H,26,30)(H,32,33). The van der Waals surface area contributed by atoms with Crippen LogP contribution in [0.25, 0.3) is 0 Å². The van der Waals surface area contributed by atoms with E-state index < -0.39 is 66.1 Å². The van der Waals surface area contributed by atoms with Gasteiger partial charge in [-0.05, 0) is 30.3 Å². The molecule has 176 valence electrons. The first-order valence-electron chi connectivity index (χ1n) is 9.19. The van der Waals surface area contributed by atoms with Crippen molar-refractivity contribution in [3.63, 3.8) is 0 Å². The highest BCUT2D eigenvalue weighted by atomic mass is 19.4. The smallest absolute Gasteiger partial charge is 0.421 e. The van der Waals surface area contributed by atoms with E-state index >= 15 is 0 Å². The number of anilines is 2. The number of hydrogen-bond acceptors (Lipinski definition) is 6. The van der Waals surface area contributed by atoms with Crippen molar-refractivity contribution in [3.05, 3.63) is 47.5 Å². The Morgan fingerprint density at radius 1 is 1.06 bits per heavy atom. The van der Waals surface area contributed by atoms with E-state index in [-0.39, 0.29) is 17.1 Å². The molecular weight excluding hydrogens is 449 g/mol. The summed E-state index contributed by atoms with van der Waals surface area (Å²) in [4.78, 5) is 36.3. The van der Waals surface area contributed by atoms with E-state index in [1.807, 2.05) is 0 Å². The number of phenolic OH excluding ortho intramolecular Hbond substituents is 2. The van der Waals surface area contributed by atoms with E-state index in [1.54, 1.807) is 0 Å². The fraction of sp³-hybridized carbons (Fsp3) is 0.200. The molecule has 0 atom stereocenters. The van der Waals surface area contributed by atoms with Crippen molar-refractivity contribution >= 4 is 35.0 Å². The fourth-order valence-electron chi connectivity index (χ4n) is 2.84. The zero-order valence-corrected chi connectivity index (χ0v) is 16.8.